The molecule has 0 aliphatic carbocycles. The summed E-state index contributed by atoms with van der Waals surface area (Å²) in [6.07, 6.45) is 54.5. The quantitative estimate of drug-likeness (QED) is 0.0263. The second-order valence-electron chi connectivity index (χ2n) is 17.4. The number of unbranched alkanes of at least 4 members (excludes halogenated alkanes) is 32. The number of rotatable bonds is 47. The first-order valence-electron chi connectivity index (χ1n) is 25.8. The molecule has 0 N–H and O–H groups in total. The molecule has 0 aromatic heterocycles. The number of esters is 3. The number of ether oxygens (including phenoxy) is 3. The fourth-order valence-electron chi connectivity index (χ4n) is 7.48. The highest BCUT2D eigenvalue weighted by molar-refractivity contribution is 5.71. The third-order valence-electron chi connectivity index (χ3n) is 11.4. The summed E-state index contributed by atoms with van der Waals surface area (Å²) >= 11 is 0. The summed E-state index contributed by atoms with van der Waals surface area (Å²) in [5.74, 6) is -0.880. The van der Waals surface area contributed by atoms with Crippen molar-refractivity contribution in [3.05, 3.63) is 24.3 Å². The van der Waals surface area contributed by atoms with Crippen molar-refractivity contribution in [2.75, 3.05) is 13.2 Å². The van der Waals surface area contributed by atoms with Crippen molar-refractivity contribution >= 4 is 17.9 Å². The van der Waals surface area contributed by atoms with Crippen LogP contribution in [0.1, 0.15) is 278 Å². The van der Waals surface area contributed by atoms with E-state index in [-0.39, 0.29) is 31.1 Å². The summed E-state index contributed by atoms with van der Waals surface area (Å²) < 4.78 is 16.8. The summed E-state index contributed by atoms with van der Waals surface area (Å²) in [4.78, 5) is 37.9. The lowest BCUT2D eigenvalue weighted by Gasteiger charge is -2.18. The summed E-state index contributed by atoms with van der Waals surface area (Å²) in [5.41, 5.74) is 0. The summed E-state index contributed by atoms with van der Waals surface area (Å²) in [6, 6.07) is 0. The Morgan fingerprint density at radius 1 is 0.322 bits per heavy atom. The lowest BCUT2D eigenvalue weighted by Crippen LogP contribution is -2.30. The molecule has 346 valence electrons. The minimum Gasteiger partial charge on any atom is -0.462 e. The van der Waals surface area contributed by atoms with Gasteiger partial charge in [-0.05, 0) is 64.2 Å². The van der Waals surface area contributed by atoms with Gasteiger partial charge in [-0.15, -0.1) is 0 Å². The van der Waals surface area contributed by atoms with E-state index in [0.717, 1.165) is 77.0 Å². The van der Waals surface area contributed by atoms with E-state index in [1.165, 1.54) is 161 Å². The first-order valence-corrected chi connectivity index (χ1v) is 25.8. The van der Waals surface area contributed by atoms with Crippen molar-refractivity contribution in [3.8, 4) is 0 Å². The fourth-order valence-corrected chi connectivity index (χ4v) is 7.48. The molecule has 1 unspecified atom stereocenters. The van der Waals surface area contributed by atoms with Crippen LogP contribution in [0.25, 0.3) is 0 Å². The maximum absolute atomic E-state index is 12.8. The summed E-state index contributed by atoms with van der Waals surface area (Å²) in [6.45, 7) is 6.60. The molecule has 6 heteroatoms. The smallest absolute Gasteiger partial charge is 0.306 e. The predicted octanol–water partition coefficient (Wildman–Crippen LogP) is 16.8. The minimum atomic E-state index is -0.772. The van der Waals surface area contributed by atoms with Crippen LogP contribution in [-0.2, 0) is 28.6 Å². The highest BCUT2D eigenvalue weighted by Gasteiger charge is 2.19. The normalized spacial score (nSPS) is 12.1. The molecule has 0 heterocycles. The van der Waals surface area contributed by atoms with Crippen LogP contribution in [0.5, 0.6) is 0 Å². The Morgan fingerprint density at radius 2 is 0.576 bits per heavy atom. The SMILES string of the molecule is CCCC/C=C\CCCCCCC(=O)OCC(COC(=O)CCCCCCCCCCCCCCCCCC)OC(=O)CCCCCCCCC/C=C\CCCCCC. The van der Waals surface area contributed by atoms with Gasteiger partial charge in [0.2, 0.25) is 0 Å². The molecule has 0 rings (SSSR count). The molecule has 0 saturated carbocycles. The lowest BCUT2D eigenvalue weighted by molar-refractivity contribution is -0.167. The Labute approximate surface area is 366 Å². The topological polar surface area (TPSA) is 78.9 Å². The van der Waals surface area contributed by atoms with E-state index >= 15 is 0 Å². The predicted molar refractivity (Wildman–Crippen MR) is 252 cm³/mol. The highest BCUT2D eigenvalue weighted by Crippen LogP contribution is 2.16. The zero-order chi connectivity index (χ0) is 43.0. The van der Waals surface area contributed by atoms with Crippen LogP contribution in [0, 0.1) is 0 Å². The number of carbonyl (C=O) groups excluding carboxylic acids is 3. The molecule has 0 saturated heterocycles. The zero-order valence-corrected chi connectivity index (χ0v) is 39.5. The van der Waals surface area contributed by atoms with Gasteiger partial charge in [0.05, 0.1) is 0 Å². The average molecular weight is 831 g/mol. The molecular formula is C53H98O6. The van der Waals surface area contributed by atoms with Crippen molar-refractivity contribution in [3.63, 3.8) is 0 Å². The van der Waals surface area contributed by atoms with E-state index in [1.807, 2.05) is 0 Å². The van der Waals surface area contributed by atoms with Gasteiger partial charge >= 0.3 is 17.9 Å². The third-order valence-corrected chi connectivity index (χ3v) is 11.4. The summed E-state index contributed by atoms with van der Waals surface area (Å²) in [7, 11) is 0. The maximum Gasteiger partial charge on any atom is 0.306 e. The Kier molecular flexibility index (Phi) is 46.8. The number of carbonyl (C=O) groups is 3. The number of hydrogen-bond donors (Lipinski definition) is 0. The molecule has 59 heavy (non-hydrogen) atoms. The van der Waals surface area contributed by atoms with Gasteiger partial charge in [-0.3, -0.25) is 14.4 Å². The van der Waals surface area contributed by atoms with E-state index in [1.54, 1.807) is 0 Å². The molecule has 0 amide bonds. The molecule has 0 bridgehead atoms. The standard InChI is InChI=1S/C53H98O6/c1-4-7-10-13-16-19-22-24-26-28-29-31-34-37-40-43-46-52(55)58-49-50(48-57-51(54)45-42-39-36-33-21-18-15-12-9-6-3)59-53(56)47-44-41-38-35-32-30-27-25-23-20-17-14-11-8-5-2/h15,18,20,23,50H,4-14,16-17,19,21-22,24-49H2,1-3H3/b18-15-,23-20-. The first kappa shape index (κ1) is 56.9. The molecule has 1 atom stereocenters. The van der Waals surface area contributed by atoms with Crippen LogP contribution in [-0.4, -0.2) is 37.2 Å². The van der Waals surface area contributed by atoms with Crippen LogP contribution in [0.3, 0.4) is 0 Å². The lowest BCUT2D eigenvalue weighted by atomic mass is 10.0. The van der Waals surface area contributed by atoms with Crippen molar-refractivity contribution in [1.29, 1.82) is 0 Å². The Bertz CT molecular complexity index is 958. The molecule has 0 aromatic carbocycles. The van der Waals surface area contributed by atoms with Gasteiger partial charge in [-0.25, -0.2) is 0 Å². The second-order valence-corrected chi connectivity index (χ2v) is 17.4. The van der Waals surface area contributed by atoms with E-state index < -0.39 is 6.10 Å². The Morgan fingerprint density at radius 3 is 0.915 bits per heavy atom. The second kappa shape index (κ2) is 48.6. The van der Waals surface area contributed by atoms with Crippen LogP contribution in [0.4, 0.5) is 0 Å². The zero-order valence-electron chi connectivity index (χ0n) is 39.5. The fraction of sp³-hybridized carbons (Fsp3) is 0.868. The highest BCUT2D eigenvalue weighted by atomic mass is 16.6. The largest absolute Gasteiger partial charge is 0.462 e. The molecule has 6 nitrogen and oxygen atoms in total. The van der Waals surface area contributed by atoms with Gasteiger partial charge in [-0.1, -0.05) is 218 Å². The van der Waals surface area contributed by atoms with Crippen LogP contribution < -0.4 is 0 Å². The van der Waals surface area contributed by atoms with Gasteiger partial charge < -0.3 is 14.2 Å². The van der Waals surface area contributed by atoms with E-state index in [4.69, 9.17) is 14.2 Å². The van der Waals surface area contributed by atoms with E-state index in [9.17, 15) is 14.4 Å². The van der Waals surface area contributed by atoms with Gasteiger partial charge in [0, 0.05) is 19.3 Å². The van der Waals surface area contributed by atoms with Crippen molar-refractivity contribution in [2.45, 2.75) is 284 Å². The maximum atomic E-state index is 12.8. The molecule has 0 aliphatic heterocycles. The monoisotopic (exact) mass is 831 g/mol. The van der Waals surface area contributed by atoms with Crippen LogP contribution in [0.2, 0.25) is 0 Å². The molecule has 0 spiro atoms. The first-order chi connectivity index (χ1) is 29.0. The Balaban J connectivity index is 4.31. The number of allylic oxidation sites excluding steroid dienone is 4. The molecule has 0 aromatic rings. The van der Waals surface area contributed by atoms with Gasteiger partial charge in [0.25, 0.3) is 0 Å². The van der Waals surface area contributed by atoms with Crippen LogP contribution in [0.15, 0.2) is 24.3 Å². The molecular weight excluding hydrogens is 733 g/mol. The van der Waals surface area contributed by atoms with Gasteiger partial charge in [0.1, 0.15) is 13.2 Å². The van der Waals surface area contributed by atoms with E-state index in [2.05, 4.69) is 45.1 Å². The summed E-state index contributed by atoms with van der Waals surface area (Å²) in [5, 5.41) is 0. The molecule has 0 aliphatic rings. The number of hydrogen-bond acceptors (Lipinski definition) is 6. The van der Waals surface area contributed by atoms with E-state index in [0.29, 0.717) is 19.3 Å². The van der Waals surface area contributed by atoms with Crippen molar-refractivity contribution in [1.82, 2.24) is 0 Å². The van der Waals surface area contributed by atoms with Crippen molar-refractivity contribution < 1.29 is 28.6 Å². The van der Waals surface area contributed by atoms with Crippen LogP contribution >= 0.6 is 0 Å². The van der Waals surface area contributed by atoms with Gasteiger partial charge in [-0.2, -0.15) is 0 Å². The van der Waals surface area contributed by atoms with Crippen molar-refractivity contribution in [2.24, 2.45) is 0 Å². The molecule has 0 radical (unpaired) electrons. The average Bonchev–Trinajstić information content (AvgIpc) is 3.23. The Hall–Kier alpha value is -2.11. The third kappa shape index (κ3) is 46.8. The molecule has 0 fully saturated rings. The minimum absolute atomic E-state index is 0.0729. The van der Waals surface area contributed by atoms with Gasteiger partial charge in [0.15, 0.2) is 6.10 Å².